The lowest BCUT2D eigenvalue weighted by Crippen LogP contribution is -2.58. The number of hydrogen-bond donors (Lipinski definition) is 4. The minimum atomic E-state index is -0.943. The second-order valence-electron chi connectivity index (χ2n) is 8.27. The van der Waals surface area contributed by atoms with E-state index in [9.17, 15) is 38.4 Å². The Labute approximate surface area is 214 Å². The van der Waals surface area contributed by atoms with Gasteiger partial charge in [0.1, 0.15) is 6.04 Å². The number of nitrogens with one attached hydrogen (secondary N) is 4. The van der Waals surface area contributed by atoms with Crippen molar-refractivity contribution in [2.24, 2.45) is 0 Å². The van der Waals surface area contributed by atoms with Crippen molar-refractivity contribution >= 4 is 47.0 Å². The van der Waals surface area contributed by atoms with Crippen LogP contribution in [-0.2, 0) is 38.4 Å². The van der Waals surface area contributed by atoms with Crippen molar-refractivity contribution in [2.75, 3.05) is 19.6 Å². The number of carbonyl (C=O) groups excluding carboxylic acids is 8. The molecule has 202 valence electrons. The maximum atomic E-state index is 12.5. The smallest absolute Gasteiger partial charge is 0.253 e. The van der Waals surface area contributed by atoms with Gasteiger partial charge < -0.3 is 21.3 Å². The zero-order chi connectivity index (χ0) is 28.0. The topological polar surface area (TPSA) is 188 Å². The Morgan fingerprint density at radius 3 is 1.84 bits per heavy atom. The van der Waals surface area contributed by atoms with E-state index in [1.807, 2.05) is 6.92 Å². The number of amides is 6. The van der Waals surface area contributed by atoms with E-state index in [1.54, 1.807) is 0 Å². The summed E-state index contributed by atoms with van der Waals surface area (Å²) in [6.07, 6.45) is 6.13. The quantitative estimate of drug-likeness (QED) is 0.135. The lowest BCUT2D eigenvalue weighted by Gasteiger charge is -2.27. The molecule has 2 atom stereocenters. The highest BCUT2D eigenvalue weighted by Gasteiger charge is 2.29. The van der Waals surface area contributed by atoms with E-state index in [0.717, 1.165) is 17.1 Å². The van der Waals surface area contributed by atoms with Crippen LogP contribution in [0.15, 0.2) is 24.3 Å². The molecule has 4 N–H and O–H groups in total. The average molecular weight is 520 g/mol. The summed E-state index contributed by atoms with van der Waals surface area (Å²) < 4.78 is 0. The number of nitrogens with zero attached hydrogens (tertiary/aromatic N) is 1. The van der Waals surface area contributed by atoms with Crippen LogP contribution in [0.3, 0.4) is 0 Å². The largest absolute Gasteiger partial charge is 0.354 e. The fourth-order valence-corrected chi connectivity index (χ4v) is 3.39. The molecule has 13 nitrogen and oxygen atoms in total. The summed E-state index contributed by atoms with van der Waals surface area (Å²) in [6.45, 7) is 4.71. The third-order valence-electron chi connectivity index (χ3n) is 5.04. The molecule has 0 aromatic rings. The Kier molecular flexibility index (Phi) is 13.1. The van der Waals surface area contributed by atoms with E-state index in [2.05, 4.69) is 21.3 Å². The van der Waals surface area contributed by atoms with Gasteiger partial charge in [-0.15, -0.1) is 0 Å². The molecule has 6 amide bonds. The molecule has 0 fully saturated rings. The predicted octanol–water partition coefficient (Wildman–Crippen LogP) is -1.57. The number of hydrogen-bond acceptors (Lipinski definition) is 8. The number of carbonyl (C=O) groups is 8. The number of allylic oxidation sites excluding steroid dienone is 2. The van der Waals surface area contributed by atoms with E-state index in [4.69, 9.17) is 0 Å². The second kappa shape index (κ2) is 15.8. The van der Waals surface area contributed by atoms with Crippen molar-refractivity contribution in [2.45, 2.75) is 58.5 Å². The molecule has 0 bridgehead atoms. The van der Waals surface area contributed by atoms with Gasteiger partial charge in [-0.1, -0.05) is 13.3 Å². The first-order valence-corrected chi connectivity index (χ1v) is 11.8. The maximum Gasteiger partial charge on any atom is 0.253 e. The fraction of sp³-hybridized carbons (Fsp3) is 0.500. The molecule has 0 aromatic heterocycles. The molecule has 1 aliphatic heterocycles. The minimum absolute atomic E-state index is 0.0249. The van der Waals surface area contributed by atoms with Crippen molar-refractivity contribution in [3.63, 3.8) is 0 Å². The van der Waals surface area contributed by atoms with Gasteiger partial charge in [-0.05, 0) is 18.6 Å². The molecule has 0 saturated carbocycles. The highest BCUT2D eigenvalue weighted by molar-refractivity contribution is 6.16. The van der Waals surface area contributed by atoms with Crippen LogP contribution in [0.4, 0.5) is 0 Å². The summed E-state index contributed by atoms with van der Waals surface area (Å²) >= 11 is 0. The molecule has 37 heavy (non-hydrogen) atoms. The van der Waals surface area contributed by atoms with Gasteiger partial charge in [-0.25, -0.2) is 0 Å². The van der Waals surface area contributed by atoms with Gasteiger partial charge in [0.2, 0.25) is 23.6 Å². The Morgan fingerprint density at radius 1 is 0.838 bits per heavy atom. The average Bonchev–Trinajstić information content (AvgIpc) is 3.35. The highest BCUT2D eigenvalue weighted by atomic mass is 16.2. The van der Waals surface area contributed by atoms with Gasteiger partial charge >= 0.3 is 0 Å². The summed E-state index contributed by atoms with van der Waals surface area (Å²) in [5.74, 6) is -2.64. The molecule has 1 heterocycles. The lowest BCUT2D eigenvalue weighted by atomic mass is 10.0. The molecule has 0 spiro atoms. The minimum Gasteiger partial charge on any atom is -0.354 e. The molecule has 2 aliphatic rings. The van der Waals surface area contributed by atoms with Crippen LogP contribution in [-0.4, -0.2) is 83.6 Å². The molecule has 0 aromatic carbocycles. The SMILES string of the molecule is CCCC(NC(C)=O)C(NC(C)=O)C(=O)NCCNC(=O)CCN1C(=O)C=CC1=O.O=C1C=CC(=O)C1. The molecule has 2 rings (SSSR count). The van der Waals surface area contributed by atoms with Crippen molar-refractivity contribution < 1.29 is 38.4 Å². The van der Waals surface area contributed by atoms with E-state index >= 15 is 0 Å². The summed E-state index contributed by atoms with van der Waals surface area (Å²) in [7, 11) is 0. The molecule has 13 heteroatoms. The molecule has 1 aliphatic carbocycles. The van der Waals surface area contributed by atoms with Crippen LogP contribution < -0.4 is 21.3 Å². The van der Waals surface area contributed by atoms with Crippen LogP contribution in [0.25, 0.3) is 0 Å². The monoisotopic (exact) mass is 519 g/mol. The van der Waals surface area contributed by atoms with Crippen LogP contribution in [0.2, 0.25) is 0 Å². The lowest BCUT2D eigenvalue weighted by molar-refractivity contribution is -0.137. The van der Waals surface area contributed by atoms with Crippen molar-refractivity contribution in [3.8, 4) is 0 Å². The Hall–Kier alpha value is -4.16. The molecule has 2 unspecified atom stereocenters. The Balaban J connectivity index is 0.000000836. The number of ketones is 2. The fourth-order valence-electron chi connectivity index (χ4n) is 3.39. The van der Waals surface area contributed by atoms with Gasteiger partial charge in [0.15, 0.2) is 11.6 Å². The van der Waals surface area contributed by atoms with E-state index in [1.165, 1.54) is 26.0 Å². The maximum absolute atomic E-state index is 12.5. The normalized spacial score (nSPS) is 15.6. The van der Waals surface area contributed by atoms with E-state index in [0.29, 0.717) is 12.8 Å². The second-order valence-corrected chi connectivity index (χ2v) is 8.27. The van der Waals surface area contributed by atoms with E-state index < -0.39 is 35.7 Å². The van der Waals surface area contributed by atoms with Crippen LogP contribution in [0.5, 0.6) is 0 Å². The third-order valence-corrected chi connectivity index (χ3v) is 5.04. The standard InChI is InChI=1S/C19H29N5O6.C5H4O2/c1-4-5-14(22-12(2)25)18(23-13(3)26)19(30)21-10-9-20-15(27)8-11-24-16(28)6-7-17(24)29;6-4-1-2-5(7)3-4/h6-7,14,18H,4-5,8-11H2,1-3H3,(H,20,27)(H,21,30)(H,22,25)(H,23,26);1-2H,3H2. The van der Waals surface area contributed by atoms with Gasteiger partial charge in [0.25, 0.3) is 11.8 Å². The first-order valence-electron chi connectivity index (χ1n) is 11.8. The molecular weight excluding hydrogens is 486 g/mol. The zero-order valence-corrected chi connectivity index (χ0v) is 21.1. The summed E-state index contributed by atoms with van der Waals surface area (Å²) in [5.41, 5.74) is 0. The van der Waals surface area contributed by atoms with Gasteiger partial charge in [-0.2, -0.15) is 0 Å². The Morgan fingerprint density at radius 2 is 1.38 bits per heavy atom. The zero-order valence-electron chi connectivity index (χ0n) is 21.1. The van der Waals surface area contributed by atoms with Gasteiger partial charge in [0, 0.05) is 52.1 Å². The molecular formula is C24H33N5O8. The van der Waals surface area contributed by atoms with Gasteiger partial charge in [0.05, 0.1) is 12.5 Å². The van der Waals surface area contributed by atoms with Crippen molar-refractivity contribution in [1.82, 2.24) is 26.2 Å². The summed E-state index contributed by atoms with van der Waals surface area (Å²) in [5, 5.41) is 10.4. The van der Waals surface area contributed by atoms with Gasteiger partial charge in [-0.3, -0.25) is 43.3 Å². The highest BCUT2D eigenvalue weighted by Crippen LogP contribution is 2.05. The van der Waals surface area contributed by atoms with Crippen LogP contribution in [0, 0.1) is 0 Å². The predicted molar refractivity (Wildman–Crippen MR) is 130 cm³/mol. The van der Waals surface area contributed by atoms with Crippen LogP contribution in [0.1, 0.15) is 46.5 Å². The first-order chi connectivity index (χ1) is 17.4. The molecule has 0 radical (unpaired) electrons. The first kappa shape index (κ1) is 30.9. The van der Waals surface area contributed by atoms with Crippen LogP contribution >= 0.6 is 0 Å². The summed E-state index contributed by atoms with van der Waals surface area (Å²) in [4.78, 5) is 91.4. The Bertz CT molecular complexity index is 954. The van der Waals surface area contributed by atoms with E-state index in [-0.39, 0.29) is 55.9 Å². The third kappa shape index (κ3) is 11.9. The molecule has 0 saturated heterocycles. The summed E-state index contributed by atoms with van der Waals surface area (Å²) in [6, 6.07) is -1.50. The number of imide groups is 1. The number of rotatable bonds is 12. The van der Waals surface area contributed by atoms with Crippen molar-refractivity contribution in [1.29, 1.82) is 0 Å². The van der Waals surface area contributed by atoms with Crippen molar-refractivity contribution in [3.05, 3.63) is 24.3 Å².